The maximum Gasteiger partial charge on any atom is 0.431 e. The van der Waals surface area contributed by atoms with Gasteiger partial charge in [-0.3, -0.25) is 9.80 Å². The summed E-state index contributed by atoms with van der Waals surface area (Å²) in [6, 6.07) is 10.8. The maximum absolute atomic E-state index is 13.7. The van der Waals surface area contributed by atoms with Crippen LogP contribution in [0.5, 0.6) is 0 Å². The summed E-state index contributed by atoms with van der Waals surface area (Å²) in [4.78, 5) is 14.7. The first kappa shape index (κ1) is 20.6. The summed E-state index contributed by atoms with van der Waals surface area (Å²) < 4.78 is 55.6. The van der Waals surface area contributed by atoms with E-state index in [0.717, 1.165) is 20.7 Å². The highest BCUT2D eigenvalue weighted by Gasteiger charge is 2.55. The summed E-state index contributed by atoms with van der Waals surface area (Å²) in [5.74, 6) is -2.47. The number of anilines is 2. The molecule has 2 aliphatic heterocycles. The van der Waals surface area contributed by atoms with Crippen molar-refractivity contribution in [2.45, 2.75) is 18.6 Å². The molecule has 10 heteroatoms. The van der Waals surface area contributed by atoms with Crippen LogP contribution in [0, 0.1) is 26.6 Å². The van der Waals surface area contributed by atoms with Crippen molar-refractivity contribution in [2.75, 3.05) is 16.5 Å². The predicted molar refractivity (Wildman–Crippen MR) is 110 cm³/mol. The van der Waals surface area contributed by atoms with Crippen LogP contribution in [0.3, 0.4) is 0 Å². The molecule has 1 saturated heterocycles. The van der Waals surface area contributed by atoms with Gasteiger partial charge in [0.1, 0.15) is 23.6 Å². The number of hydrogen-bond donors (Lipinski definition) is 0. The molecule has 0 radical (unpaired) electrons. The van der Waals surface area contributed by atoms with Crippen LogP contribution in [0.2, 0.25) is 0 Å². The fourth-order valence-corrected chi connectivity index (χ4v) is 4.15. The van der Waals surface area contributed by atoms with E-state index in [1.54, 1.807) is 30.3 Å². The number of rotatable bonds is 2. The minimum Gasteiger partial charge on any atom is -0.311 e. The van der Waals surface area contributed by atoms with E-state index in [4.69, 9.17) is 5.26 Å². The number of alkyl halides is 3. The molecule has 0 N–H and O–H groups in total. The van der Waals surface area contributed by atoms with Crippen molar-refractivity contribution >= 4 is 45.6 Å². The van der Waals surface area contributed by atoms with E-state index in [1.807, 2.05) is 0 Å². The first-order valence-electron chi connectivity index (χ1n) is 8.92. The Morgan fingerprint density at radius 3 is 2.43 bits per heavy atom. The molecule has 2 atom stereocenters. The van der Waals surface area contributed by atoms with Crippen molar-refractivity contribution in [1.82, 2.24) is 0 Å². The van der Waals surface area contributed by atoms with Crippen LogP contribution >= 0.6 is 22.6 Å². The molecule has 2 aromatic rings. The quantitative estimate of drug-likeness (QED) is 0.428. The Hall–Kier alpha value is -2.68. The molecule has 0 bridgehead atoms. The van der Waals surface area contributed by atoms with Gasteiger partial charge in [-0.2, -0.15) is 23.5 Å². The van der Waals surface area contributed by atoms with Gasteiger partial charge in [-0.05, 0) is 71.5 Å². The zero-order chi connectivity index (χ0) is 21.6. The Balaban J connectivity index is 1.77. The highest BCUT2D eigenvalue weighted by atomic mass is 127. The van der Waals surface area contributed by atoms with Gasteiger partial charge in [0, 0.05) is 21.7 Å². The lowest BCUT2D eigenvalue weighted by Gasteiger charge is -2.37. The van der Waals surface area contributed by atoms with Gasteiger partial charge >= 0.3 is 6.18 Å². The maximum atomic E-state index is 13.7. The Bertz CT molecular complexity index is 1080. The molecule has 4 rings (SSSR count). The molecule has 30 heavy (non-hydrogen) atoms. The standard InChI is InChI=1S/C20H13F4IN4O/c21-16-6-5-14(9-11(16)10-26)29-17-15(18(27-29)20(22,23)24)7-8-28(19(17)30)13-3-1-12(25)2-4-13/h1-6,9,15,17H,7-8H2. The predicted octanol–water partition coefficient (Wildman–Crippen LogP) is 4.46. The summed E-state index contributed by atoms with van der Waals surface area (Å²) in [6.45, 7) is 0.121. The van der Waals surface area contributed by atoms with E-state index < -0.39 is 35.6 Å². The van der Waals surface area contributed by atoms with Crippen LogP contribution in [0.1, 0.15) is 12.0 Å². The number of benzene rings is 2. The third-order valence-corrected chi connectivity index (χ3v) is 5.88. The Kier molecular flexibility index (Phi) is 5.17. The second kappa shape index (κ2) is 7.54. The minimum atomic E-state index is -4.71. The van der Waals surface area contributed by atoms with Crippen LogP contribution in [0.25, 0.3) is 0 Å². The molecule has 2 heterocycles. The summed E-state index contributed by atoms with van der Waals surface area (Å²) in [7, 11) is 0. The van der Waals surface area contributed by atoms with Gasteiger partial charge in [-0.15, -0.1) is 0 Å². The van der Waals surface area contributed by atoms with Crippen LogP contribution < -0.4 is 9.91 Å². The number of hydrogen-bond acceptors (Lipinski definition) is 4. The van der Waals surface area contributed by atoms with Crippen LogP contribution in [-0.4, -0.2) is 30.4 Å². The molecule has 5 nitrogen and oxygen atoms in total. The third kappa shape index (κ3) is 3.51. The molecule has 2 aliphatic rings. The van der Waals surface area contributed by atoms with E-state index in [-0.39, 0.29) is 24.2 Å². The zero-order valence-corrected chi connectivity index (χ0v) is 17.4. The average molecular weight is 528 g/mol. The lowest BCUT2D eigenvalue weighted by atomic mass is 9.87. The fraction of sp³-hybridized carbons (Fsp3) is 0.250. The number of hydrazone groups is 1. The van der Waals surface area contributed by atoms with Gasteiger partial charge < -0.3 is 4.90 Å². The summed E-state index contributed by atoms with van der Waals surface area (Å²) >= 11 is 2.12. The number of amides is 1. The van der Waals surface area contributed by atoms with Crippen molar-refractivity contribution < 1.29 is 22.4 Å². The van der Waals surface area contributed by atoms with Crippen LogP contribution in [0.15, 0.2) is 47.6 Å². The molecule has 2 unspecified atom stereocenters. The first-order valence-corrected chi connectivity index (χ1v) is 10.00. The van der Waals surface area contributed by atoms with E-state index in [9.17, 15) is 22.4 Å². The number of carbonyl (C=O) groups excluding carboxylic acids is 1. The molecule has 154 valence electrons. The van der Waals surface area contributed by atoms with Gasteiger partial charge in [0.05, 0.1) is 11.3 Å². The second-order valence-corrected chi connectivity index (χ2v) is 8.16. The smallest absolute Gasteiger partial charge is 0.311 e. The summed E-state index contributed by atoms with van der Waals surface area (Å²) in [5.41, 5.74) is -0.737. The second-order valence-electron chi connectivity index (χ2n) is 6.91. The highest BCUT2D eigenvalue weighted by Crippen LogP contribution is 2.40. The molecule has 1 fully saturated rings. The van der Waals surface area contributed by atoms with Crippen molar-refractivity contribution in [1.29, 1.82) is 5.26 Å². The van der Waals surface area contributed by atoms with Crippen molar-refractivity contribution in [3.63, 3.8) is 0 Å². The van der Waals surface area contributed by atoms with Crippen molar-refractivity contribution in [3.05, 3.63) is 57.4 Å². The first-order chi connectivity index (χ1) is 14.2. The fourth-order valence-electron chi connectivity index (χ4n) is 3.79. The zero-order valence-electron chi connectivity index (χ0n) is 15.2. The molecule has 1 amide bonds. The molecule has 0 spiro atoms. The molecule has 2 aromatic carbocycles. The Morgan fingerprint density at radius 2 is 1.80 bits per heavy atom. The number of fused-ring (bicyclic) bond motifs is 1. The molecule has 0 saturated carbocycles. The SMILES string of the molecule is N#Cc1cc(N2N=C(C(F)(F)F)C3CCN(c4ccc(I)cc4)C(=O)C32)ccc1F. The highest BCUT2D eigenvalue weighted by molar-refractivity contribution is 14.1. The van der Waals surface area contributed by atoms with Gasteiger partial charge in [0.2, 0.25) is 0 Å². The van der Waals surface area contributed by atoms with Gasteiger partial charge in [0.25, 0.3) is 5.91 Å². The lowest BCUT2D eigenvalue weighted by Crippen LogP contribution is -2.55. The van der Waals surface area contributed by atoms with E-state index in [1.165, 1.54) is 11.0 Å². The lowest BCUT2D eigenvalue weighted by molar-refractivity contribution is -0.121. The van der Waals surface area contributed by atoms with Gasteiger partial charge in [-0.25, -0.2) is 4.39 Å². The van der Waals surface area contributed by atoms with Crippen LogP contribution in [-0.2, 0) is 4.79 Å². The van der Waals surface area contributed by atoms with Crippen molar-refractivity contribution in [3.8, 4) is 6.07 Å². The van der Waals surface area contributed by atoms with E-state index in [0.29, 0.717) is 5.69 Å². The number of piperidine rings is 1. The average Bonchev–Trinajstić information content (AvgIpc) is 3.10. The van der Waals surface area contributed by atoms with Gasteiger partial charge in [0.15, 0.2) is 0 Å². The van der Waals surface area contributed by atoms with Crippen molar-refractivity contribution in [2.24, 2.45) is 11.0 Å². The summed E-state index contributed by atoms with van der Waals surface area (Å²) in [5, 5.41) is 13.7. The van der Waals surface area contributed by atoms with Crippen LogP contribution in [0.4, 0.5) is 28.9 Å². The normalized spacial score (nSPS) is 21.3. The minimum absolute atomic E-state index is 0.0556. The third-order valence-electron chi connectivity index (χ3n) is 5.16. The summed E-state index contributed by atoms with van der Waals surface area (Å²) in [6.07, 6.45) is -4.63. The number of halogens is 5. The Labute approximate surface area is 182 Å². The number of nitrogens with zero attached hydrogens (tertiary/aromatic N) is 4. The molecular formula is C20H13F4IN4O. The Morgan fingerprint density at radius 1 is 1.13 bits per heavy atom. The number of nitriles is 1. The molecule has 0 aromatic heterocycles. The van der Waals surface area contributed by atoms with E-state index in [2.05, 4.69) is 27.7 Å². The molecule has 0 aliphatic carbocycles. The molecular weight excluding hydrogens is 515 g/mol. The number of carbonyl (C=O) groups is 1. The monoisotopic (exact) mass is 528 g/mol. The van der Waals surface area contributed by atoms with Gasteiger partial charge in [-0.1, -0.05) is 0 Å². The largest absolute Gasteiger partial charge is 0.431 e. The topological polar surface area (TPSA) is 59.7 Å². The van der Waals surface area contributed by atoms with E-state index >= 15 is 0 Å².